The molecule has 118 valence electrons. The van der Waals surface area contributed by atoms with Crippen LogP contribution in [0, 0.1) is 34.5 Å². The lowest BCUT2D eigenvalue weighted by Gasteiger charge is -2.60. The Morgan fingerprint density at radius 2 is 1.86 bits per heavy atom. The van der Waals surface area contributed by atoms with Crippen molar-refractivity contribution in [3.63, 3.8) is 0 Å². The van der Waals surface area contributed by atoms with E-state index in [9.17, 15) is 9.90 Å². The van der Waals surface area contributed by atoms with Gasteiger partial charge in [-0.05, 0) is 79.4 Å². The number of ketones is 1. The van der Waals surface area contributed by atoms with E-state index in [0.29, 0.717) is 22.5 Å². The summed E-state index contributed by atoms with van der Waals surface area (Å²) in [6.07, 6.45) is 10.1. The molecule has 1 N–H and O–H groups in total. The highest BCUT2D eigenvalue weighted by Crippen LogP contribution is 2.65. The summed E-state index contributed by atoms with van der Waals surface area (Å²) in [4.78, 5) is 12.1. The van der Waals surface area contributed by atoms with E-state index in [-0.39, 0.29) is 6.10 Å². The van der Waals surface area contributed by atoms with Crippen LogP contribution in [0.25, 0.3) is 0 Å². The summed E-state index contributed by atoms with van der Waals surface area (Å²) >= 11 is 0. The van der Waals surface area contributed by atoms with Gasteiger partial charge < -0.3 is 5.11 Å². The molecule has 2 unspecified atom stereocenters. The standard InChI is InChI=1S/C19H30O2/c1-18-7-6-16-15(17(18)10-14(21)11-18)4-3-12-9-13(20)5-8-19(12,16)2/h12-13,15-17,20H,3-11H2,1-2H3/t12?,13?,15-,16-,17+,18-,19+/m1/s1. The highest BCUT2D eigenvalue weighted by atomic mass is 16.3. The lowest BCUT2D eigenvalue weighted by atomic mass is 9.45. The summed E-state index contributed by atoms with van der Waals surface area (Å²) in [7, 11) is 0. The maximum Gasteiger partial charge on any atom is 0.133 e. The molecule has 4 aliphatic carbocycles. The Morgan fingerprint density at radius 3 is 2.67 bits per heavy atom. The van der Waals surface area contributed by atoms with Crippen LogP contribution in [-0.2, 0) is 4.79 Å². The number of rotatable bonds is 0. The first-order valence-electron chi connectivity index (χ1n) is 9.12. The van der Waals surface area contributed by atoms with Crippen molar-refractivity contribution in [2.45, 2.75) is 77.7 Å². The molecule has 0 saturated heterocycles. The second-order valence-corrected chi connectivity index (χ2v) is 9.20. The van der Waals surface area contributed by atoms with Gasteiger partial charge in [-0.25, -0.2) is 0 Å². The summed E-state index contributed by atoms with van der Waals surface area (Å²) in [6, 6.07) is 0. The van der Waals surface area contributed by atoms with Crippen molar-refractivity contribution in [2.24, 2.45) is 34.5 Å². The van der Waals surface area contributed by atoms with Gasteiger partial charge in [-0.3, -0.25) is 4.79 Å². The van der Waals surface area contributed by atoms with E-state index in [1.165, 1.54) is 32.1 Å². The molecule has 4 saturated carbocycles. The molecule has 0 amide bonds. The third-order valence-electron chi connectivity index (χ3n) is 8.20. The Hall–Kier alpha value is -0.370. The summed E-state index contributed by atoms with van der Waals surface area (Å²) in [6.45, 7) is 4.90. The predicted molar refractivity (Wildman–Crippen MR) is 82.7 cm³/mol. The first-order valence-corrected chi connectivity index (χ1v) is 9.12. The van der Waals surface area contributed by atoms with E-state index in [1.54, 1.807) is 0 Å². The fourth-order valence-electron chi connectivity index (χ4n) is 7.01. The number of Topliss-reactive ketones (excluding diaryl/α,β-unsaturated/α-hetero) is 1. The van der Waals surface area contributed by atoms with E-state index in [0.717, 1.165) is 43.4 Å². The quantitative estimate of drug-likeness (QED) is 0.733. The lowest BCUT2D eigenvalue weighted by molar-refractivity contribution is -0.121. The summed E-state index contributed by atoms with van der Waals surface area (Å²) < 4.78 is 0. The molecule has 0 aromatic carbocycles. The van der Waals surface area contributed by atoms with Gasteiger partial charge in [0.15, 0.2) is 0 Å². The van der Waals surface area contributed by atoms with Crippen molar-refractivity contribution >= 4 is 5.78 Å². The monoisotopic (exact) mass is 290 g/mol. The van der Waals surface area contributed by atoms with Crippen LogP contribution in [0.5, 0.6) is 0 Å². The van der Waals surface area contributed by atoms with Crippen molar-refractivity contribution < 1.29 is 9.90 Å². The predicted octanol–water partition coefficient (Wildman–Crippen LogP) is 3.96. The number of hydrogen-bond donors (Lipinski definition) is 1. The zero-order valence-corrected chi connectivity index (χ0v) is 13.6. The van der Waals surface area contributed by atoms with Crippen LogP contribution >= 0.6 is 0 Å². The molecule has 0 bridgehead atoms. The van der Waals surface area contributed by atoms with Crippen LogP contribution in [0.1, 0.15) is 71.6 Å². The number of aliphatic hydroxyl groups excluding tert-OH is 1. The zero-order chi connectivity index (χ0) is 14.8. The molecule has 4 rings (SSSR count). The highest BCUT2D eigenvalue weighted by molar-refractivity contribution is 5.82. The molecule has 0 radical (unpaired) electrons. The summed E-state index contributed by atoms with van der Waals surface area (Å²) in [5.74, 6) is 3.51. The average molecular weight is 290 g/mol. The van der Waals surface area contributed by atoms with E-state index in [4.69, 9.17) is 0 Å². The summed E-state index contributed by atoms with van der Waals surface area (Å²) in [5.41, 5.74) is 0.755. The first-order chi connectivity index (χ1) is 9.92. The van der Waals surface area contributed by atoms with Crippen molar-refractivity contribution in [3.8, 4) is 0 Å². The molecular weight excluding hydrogens is 260 g/mol. The van der Waals surface area contributed by atoms with E-state index >= 15 is 0 Å². The molecule has 7 atom stereocenters. The van der Waals surface area contributed by atoms with Gasteiger partial charge >= 0.3 is 0 Å². The van der Waals surface area contributed by atoms with Crippen LogP contribution < -0.4 is 0 Å². The molecule has 0 aromatic heterocycles. The van der Waals surface area contributed by atoms with Crippen molar-refractivity contribution in [2.75, 3.05) is 0 Å². The van der Waals surface area contributed by atoms with Crippen LogP contribution in [-0.4, -0.2) is 17.0 Å². The minimum absolute atomic E-state index is 0.0541. The van der Waals surface area contributed by atoms with Crippen molar-refractivity contribution in [1.29, 1.82) is 0 Å². The number of hydrogen-bond acceptors (Lipinski definition) is 2. The van der Waals surface area contributed by atoms with Crippen LogP contribution in [0.2, 0.25) is 0 Å². The third kappa shape index (κ3) is 1.97. The average Bonchev–Trinajstić information content (AvgIpc) is 2.74. The minimum Gasteiger partial charge on any atom is -0.393 e. The minimum atomic E-state index is -0.0541. The third-order valence-corrected chi connectivity index (χ3v) is 8.20. The van der Waals surface area contributed by atoms with Gasteiger partial charge in [0.2, 0.25) is 0 Å². The molecule has 2 heteroatoms. The highest BCUT2D eigenvalue weighted by Gasteiger charge is 2.59. The van der Waals surface area contributed by atoms with Gasteiger partial charge in [0.05, 0.1) is 6.10 Å². The Morgan fingerprint density at radius 1 is 1.05 bits per heavy atom. The molecule has 0 aliphatic heterocycles. The SMILES string of the molecule is C[C@]12CC[C@@H]3[C@@H](CCC4CC(O)CC[C@@]43C)[C@@H]1CC(=O)C2. The molecule has 21 heavy (non-hydrogen) atoms. The Kier molecular flexibility index (Phi) is 3.10. The molecule has 2 nitrogen and oxygen atoms in total. The van der Waals surface area contributed by atoms with Gasteiger partial charge in [0.1, 0.15) is 5.78 Å². The van der Waals surface area contributed by atoms with Crippen molar-refractivity contribution in [3.05, 3.63) is 0 Å². The van der Waals surface area contributed by atoms with Gasteiger partial charge in [0, 0.05) is 12.8 Å². The van der Waals surface area contributed by atoms with E-state index in [1.807, 2.05) is 0 Å². The second kappa shape index (κ2) is 4.57. The van der Waals surface area contributed by atoms with Gasteiger partial charge in [-0.15, -0.1) is 0 Å². The smallest absolute Gasteiger partial charge is 0.133 e. The summed E-state index contributed by atoms with van der Waals surface area (Å²) in [5, 5.41) is 10.0. The molecule has 0 aromatic rings. The largest absolute Gasteiger partial charge is 0.393 e. The Labute approximate surface area is 128 Å². The molecular formula is C19H30O2. The van der Waals surface area contributed by atoms with Crippen LogP contribution in [0.4, 0.5) is 0 Å². The van der Waals surface area contributed by atoms with E-state index < -0.39 is 0 Å². The first kappa shape index (κ1) is 14.2. The Balaban J connectivity index is 1.63. The number of fused-ring (bicyclic) bond motifs is 5. The van der Waals surface area contributed by atoms with Crippen LogP contribution in [0.15, 0.2) is 0 Å². The topological polar surface area (TPSA) is 37.3 Å². The fourth-order valence-corrected chi connectivity index (χ4v) is 7.01. The van der Waals surface area contributed by atoms with Gasteiger partial charge in [-0.2, -0.15) is 0 Å². The van der Waals surface area contributed by atoms with Gasteiger partial charge in [0.25, 0.3) is 0 Å². The second-order valence-electron chi connectivity index (χ2n) is 9.20. The number of aliphatic hydroxyl groups is 1. The fraction of sp³-hybridized carbons (Fsp3) is 0.947. The molecule has 0 heterocycles. The normalized spacial score (nSPS) is 56.5. The Bertz CT molecular complexity index is 458. The van der Waals surface area contributed by atoms with Crippen LogP contribution in [0.3, 0.4) is 0 Å². The number of carbonyl (C=O) groups excluding carboxylic acids is 1. The maximum absolute atomic E-state index is 12.1. The maximum atomic E-state index is 12.1. The molecule has 4 aliphatic rings. The van der Waals surface area contributed by atoms with Gasteiger partial charge in [-0.1, -0.05) is 13.8 Å². The lowest BCUT2D eigenvalue weighted by Crippen LogP contribution is -2.53. The molecule has 0 spiro atoms. The van der Waals surface area contributed by atoms with Crippen molar-refractivity contribution in [1.82, 2.24) is 0 Å². The van der Waals surface area contributed by atoms with E-state index in [2.05, 4.69) is 13.8 Å². The molecule has 4 fully saturated rings. The number of carbonyl (C=O) groups is 1. The zero-order valence-electron chi connectivity index (χ0n) is 13.6.